The summed E-state index contributed by atoms with van der Waals surface area (Å²) < 4.78 is 10.1. The second-order valence-corrected chi connectivity index (χ2v) is 12.0. The predicted molar refractivity (Wildman–Crippen MR) is 186 cm³/mol. The molecule has 3 heterocycles. The van der Waals surface area contributed by atoms with E-state index in [4.69, 9.17) is 14.5 Å². The van der Waals surface area contributed by atoms with E-state index in [1.54, 1.807) is 74.5 Å². The first kappa shape index (κ1) is 36.1. The Kier molecular flexibility index (Phi) is 12.1. The molecule has 3 amide bonds. The Balaban J connectivity index is 0.00000265. The van der Waals surface area contributed by atoms with Gasteiger partial charge in [0.05, 0.1) is 23.9 Å². The van der Waals surface area contributed by atoms with Crippen molar-refractivity contribution in [2.24, 2.45) is 0 Å². The van der Waals surface area contributed by atoms with Gasteiger partial charge >= 0.3 is 12.1 Å². The maximum atomic E-state index is 13.1. The molecule has 0 spiro atoms. The van der Waals surface area contributed by atoms with Gasteiger partial charge in [-0.05, 0) is 88.6 Å². The minimum Gasteiger partial charge on any atom is -0.467 e. The number of likely N-dealkylation sites (tertiary alicyclic amines) is 1. The monoisotopic (exact) mass is 663 g/mol. The van der Waals surface area contributed by atoms with Gasteiger partial charge in [0.15, 0.2) is 0 Å². The van der Waals surface area contributed by atoms with Crippen molar-refractivity contribution < 1.29 is 28.7 Å². The molecule has 49 heavy (non-hydrogen) atoms. The SMILES string of the molecule is CC.COC(=O)C1CCCCN1C(=O)c1ccc(C#Cc2ccc(-c3cc(C(=O)NNC(=O)OC(C)(C)C)c4cnccc4n3)cc2)cc1. The number of hydrogen-bond donors (Lipinski definition) is 2. The van der Waals surface area contributed by atoms with Gasteiger partial charge in [-0.2, -0.15) is 0 Å². The first-order valence-corrected chi connectivity index (χ1v) is 16.2. The van der Waals surface area contributed by atoms with Gasteiger partial charge in [-0.15, -0.1) is 0 Å². The molecular formula is C38H41N5O6. The van der Waals surface area contributed by atoms with E-state index in [-0.39, 0.29) is 11.5 Å². The number of pyridine rings is 2. The highest BCUT2D eigenvalue weighted by Crippen LogP contribution is 2.25. The maximum absolute atomic E-state index is 13.1. The zero-order valence-corrected chi connectivity index (χ0v) is 28.6. The Morgan fingerprint density at radius 3 is 2.18 bits per heavy atom. The van der Waals surface area contributed by atoms with E-state index in [1.165, 1.54) is 7.11 Å². The number of esters is 1. The molecule has 1 unspecified atom stereocenters. The Hall–Kier alpha value is -5.76. The van der Waals surface area contributed by atoms with Crippen LogP contribution in [0.3, 0.4) is 0 Å². The van der Waals surface area contributed by atoms with Gasteiger partial charge in [-0.25, -0.2) is 20.0 Å². The fourth-order valence-corrected chi connectivity index (χ4v) is 5.17. The summed E-state index contributed by atoms with van der Waals surface area (Å²) in [5, 5.41) is 0.522. The van der Waals surface area contributed by atoms with E-state index in [2.05, 4.69) is 27.7 Å². The predicted octanol–water partition coefficient (Wildman–Crippen LogP) is 6.06. The number of amides is 3. The number of hydrazine groups is 1. The van der Waals surface area contributed by atoms with Crippen LogP contribution in [0.4, 0.5) is 4.79 Å². The van der Waals surface area contributed by atoms with E-state index in [0.29, 0.717) is 35.1 Å². The van der Waals surface area contributed by atoms with Crippen LogP contribution in [0, 0.1) is 11.8 Å². The molecule has 1 aliphatic heterocycles. The van der Waals surface area contributed by atoms with Crippen molar-refractivity contribution in [3.8, 4) is 23.1 Å². The standard InChI is InChI=1S/C36H35N5O6.C2H6/c1-36(2,3)47-35(45)40-39-32(42)27-21-30(38-29-18-19-37-22-28(27)29)25-14-10-23(11-15-25)8-9-24-12-16-26(17-13-24)33(43)41-20-6-5-7-31(41)34(44)46-4;1-2/h10-19,21-22,31H,5-7,20H2,1-4H3,(H,39,42)(H,40,45);1-2H3. The summed E-state index contributed by atoms with van der Waals surface area (Å²) in [6.07, 6.45) is 4.67. The summed E-state index contributed by atoms with van der Waals surface area (Å²) in [5.41, 5.74) is 8.07. The number of fused-ring (bicyclic) bond motifs is 1. The smallest absolute Gasteiger partial charge is 0.426 e. The topological polar surface area (TPSA) is 140 Å². The van der Waals surface area contributed by atoms with Crippen LogP contribution in [0.5, 0.6) is 0 Å². The average Bonchev–Trinajstić information content (AvgIpc) is 3.12. The maximum Gasteiger partial charge on any atom is 0.426 e. The normalized spacial score (nSPS) is 13.9. The lowest BCUT2D eigenvalue weighted by molar-refractivity contribution is -0.147. The molecule has 11 heteroatoms. The van der Waals surface area contributed by atoms with Crippen molar-refractivity contribution in [3.05, 3.63) is 95.3 Å². The molecule has 5 rings (SSSR count). The minimum atomic E-state index is -0.782. The van der Waals surface area contributed by atoms with Gasteiger partial charge < -0.3 is 14.4 Å². The van der Waals surface area contributed by atoms with Crippen molar-refractivity contribution in [2.75, 3.05) is 13.7 Å². The van der Waals surface area contributed by atoms with Gasteiger partial charge in [0, 0.05) is 46.6 Å². The molecule has 1 atom stereocenters. The summed E-state index contributed by atoms with van der Waals surface area (Å²) in [5.74, 6) is 5.11. The molecule has 0 aliphatic carbocycles. The van der Waals surface area contributed by atoms with Crippen LogP contribution in [-0.2, 0) is 14.3 Å². The molecule has 254 valence electrons. The molecule has 11 nitrogen and oxygen atoms in total. The van der Waals surface area contributed by atoms with Crippen LogP contribution in [0.1, 0.15) is 85.7 Å². The molecule has 2 aromatic carbocycles. The first-order chi connectivity index (χ1) is 23.5. The van der Waals surface area contributed by atoms with Crippen molar-refractivity contribution in [1.29, 1.82) is 0 Å². The third kappa shape index (κ3) is 9.41. The fourth-order valence-electron chi connectivity index (χ4n) is 5.17. The number of hydrogen-bond acceptors (Lipinski definition) is 8. The Labute approximate surface area is 286 Å². The van der Waals surface area contributed by atoms with E-state index < -0.39 is 29.6 Å². The summed E-state index contributed by atoms with van der Waals surface area (Å²) >= 11 is 0. The lowest BCUT2D eigenvalue weighted by Crippen LogP contribution is -2.48. The molecule has 1 saturated heterocycles. The summed E-state index contributed by atoms with van der Waals surface area (Å²) in [6.45, 7) is 9.69. The third-order valence-electron chi connectivity index (χ3n) is 7.43. The van der Waals surface area contributed by atoms with Gasteiger partial charge in [-0.1, -0.05) is 37.8 Å². The fraction of sp³-hybridized carbons (Fsp3) is 0.316. The Bertz CT molecular complexity index is 1870. The third-order valence-corrected chi connectivity index (χ3v) is 7.43. The molecule has 4 aromatic rings. The van der Waals surface area contributed by atoms with E-state index >= 15 is 0 Å². The van der Waals surface area contributed by atoms with Crippen LogP contribution in [0.25, 0.3) is 22.2 Å². The van der Waals surface area contributed by atoms with Crippen LogP contribution in [0.15, 0.2) is 73.1 Å². The van der Waals surface area contributed by atoms with Crippen molar-refractivity contribution in [2.45, 2.75) is 65.5 Å². The van der Waals surface area contributed by atoms with E-state index in [0.717, 1.165) is 29.5 Å². The highest BCUT2D eigenvalue weighted by Gasteiger charge is 2.33. The van der Waals surface area contributed by atoms with Crippen molar-refractivity contribution in [3.63, 3.8) is 0 Å². The Morgan fingerprint density at radius 2 is 1.55 bits per heavy atom. The zero-order valence-electron chi connectivity index (χ0n) is 28.6. The van der Waals surface area contributed by atoms with Gasteiger partial charge in [0.2, 0.25) is 0 Å². The number of carbonyl (C=O) groups is 4. The highest BCUT2D eigenvalue weighted by atomic mass is 16.6. The number of benzene rings is 2. The van der Waals surface area contributed by atoms with Crippen LogP contribution >= 0.6 is 0 Å². The second kappa shape index (κ2) is 16.4. The summed E-state index contributed by atoms with van der Waals surface area (Å²) in [7, 11) is 1.34. The number of nitrogens with one attached hydrogen (secondary N) is 2. The van der Waals surface area contributed by atoms with E-state index in [9.17, 15) is 19.2 Å². The van der Waals surface area contributed by atoms with Gasteiger partial charge in [-0.3, -0.25) is 20.0 Å². The molecule has 0 radical (unpaired) electrons. The highest BCUT2D eigenvalue weighted by molar-refractivity contribution is 6.07. The number of aromatic nitrogens is 2. The van der Waals surface area contributed by atoms with Gasteiger partial charge in [0.25, 0.3) is 11.8 Å². The quantitative estimate of drug-likeness (QED) is 0.153. The second-order valence-electron chi connectivity index (χ2n) is 12.0. The largest absolute Gasteiger partial charge is 0.467 e. The first-order valence-electron chi connectivity index (χ1n) is 16.2. The molecule has 0 bridgehead atoms. The lowest BCUT2D eigenvalue weighted by atomic mass is 10.0. The van der Waals surface area contributed by atoms with Gasteiger partial charge in [0.1, 0.15) is 11.6 Å². The molecule has 2 N–H and O–H groups in total. The minimum absolute atomic E-state index is 0.200. The number of rotatable bonds is 4. The molecule has 1 fully saturated rings. The Morgan fingerprint density at radius 1 is 0.898 bits per heavy atom. The van der Waals surface area contributed by atoms with Crippen LogP contribution in [0.2, 0.25) is 0 Å². The van der Waals surface area contributed by atoms with E-state index in [1.807, 2.05) is 38.1 Å². The zero-order chi connectivity index (χ0) is 35.6. The molecule has 1 aliphatic rings. The molecule has 0 saturated carbocycles. The molecule has 2 aromatic heterocycles. The number of nitrogens with zero attached hydrogens (tertiary/aromatic N) is 3. The summed E-state index contributed by atoms with van der Waals surface area (Å²) in [6, 6.07) is 17.2. The number of methoxy groups -OCH3 is 1. The van der Waals surface area contributed by atoms with Crippen LogP contribution < -0.4 is 10.9 Å². The van der Waals surface area contributed by atoms with Crippen molar-refractivity contribution >= 4 is 34.8 Å². The van der Waals surface area contributed by atoms with Crippen molar-refractivity contribution in [1.82, 2.24) is 25.7 Å². The van der Waals surface area contributed by atoms with Crippen LogP contribution in [-0.4, -0.2) is 64.0 Å². The lowest BCUT2D eigenvalue weighted by Gasteiger charge is -2.33. The average molecular weight is 664 g/mol. The number of carbonyl (C=O) groups excluding carboxylic acids is 4. The molecular weight excluding hydrogens is 622 g/mol. The number of ether oxygens (including phenoxy) is 2. The number of piperidine rings is 1. The summed E-state index contributed by atoms with van der Waals surface area (Å²) in [4.78, 5) is 60.9.